The van der Waals surface area contributed by atoms with Gasteiger partial charge < -0.3 is 14.7 Å². The number of likely N-dealkylation sites (tertiary alicyclic amines) is 1. The van der Waals surface area contributed by atoms with Crippen molar-refractivity contribution in [2.75, 3.05) is 13.1 Å². The molecule has 1 saturated carbocycles. The molecule has 3 aliphatic rings. The van der Waals surface area contributed by atoms with E-state index < -0.39 is 22.2 Å². The number of aliphatic carboxylic acids is 1. The minimum atomic E-state index is -5.08. The summed E-state index contributed by atoms with van der Waals surface area (Å²) < 4.78 is 66.9. The zero-order valence-corrected chi connectivity index (χ0v) is 20.5. The summed E-state index contributed by atoms with van der Waals surface area (Å²) in [6.07, 6.45) is 1.07. The van der Waals surface area contributed by atoms with Gasteiger partial charge in [-0.2, -0.15) is 17.5 Å². The second-order valence-corrected chi connectivity index (χ2v) is 10.9. The first-order valence-electron chi connectivity index (χ1n) is 11.7. The van der Waals surface area contributed by atoms with Crippen molar-refractivity contribution in [3.63, 3.8) is 0 Å². The van der Waals surface area contributed by atoms with Gasteiger partial charge in [-0.15, -0.1) is 0 Å². The van der Waals surface area contributed by atoms with Crippen LogP contribution in [0, 0.1) is 5.92 Å². The van der Waals surface area contributed by atoms with Crippen LogP contribution >= 0.6 is 0 Å². The van der Waals surface area contributed by atoms with E-state index in [0.29, 0.717) is 31.7 Å². The van der Waals surface area contributed by atoms with Crippen LogP contribution < -0.4 is 4.74 Å². The maximum absolute atomic E-state index is 13.7. The molecule has 0 radical (unpaired) electrons. The van der Waals surface area contributed by atoms with E-state index in [1.165, 1.54) is 0 Å². The van der Waals surface area contributed by atoms with Gasteiger partial charge >= 0.3 is 12.1 Å². The van der Waals surface area contributed by atoms with Crippen molar-refractivity contribution < 1.29 is 41.0 Å². The van der Waals surface area contributed by atoms with Gasteiger partial charge in [-0.05, 0) is 43.0 Å². The Bertz CT molecular complexity index is 1240. The van der Waals surface area contributed by atoms with E-state index in [9.17, 15) is 26.4 Å². The van der Waals surface area contributed by atoms with Crippen LogP contribution in [0.5, 0.6) is 5.75 Å². The van der Waals surface area contributed by atoms with Crippen molar-refractivity contribution in [1.82, 2.24) is 14.2 Å². The standard InChI is InChI=1S/C22H25N3O4S.C2HF3O2/c26-22(17-7-8-17)24-12-9-18-19(10-13-24)29-20-5-1-2-6-21(20)30(27,28)25(18)15-16-4-3-11-23-14-16;3-2(4,5)1(6)7/h1-6,11,14,17-19H,7-10,12-13,15H2;(H,6,7)/t18-,19-;/m0./s1. The van der Waals surface area contributed by atoms with E-state index in [2.05, 4.69) is 4.98 Å². The number of sulfonamides is 1. The molecule has 1 aliphatic carbocycles. The first-order chi connectivity index (χ1) is 17.5. The molecule has 37 heavy (non-hydrogen) atoms. The van der Waals surface area contributed by atoms with E-state index in [0.717, 1.165) is 18.4 Å². The second-order valence-electron chi connectivity index (χ2n) is 9.06. The predicted octanol–water partition coefficient (Wildman–Crippen LogP) is 3.07. The largest absolute Gasteiger partial charge is 0.490 e. The maximum atomic E-state index is 13.7. The van der Waals surface area contributed by atoms with E-state index in [1.807, 2.05) is 17.0 Å². The zero-order valence-electron chi connectivity index (χ0n) is 19.7. The number of fused-ring (bicyclic) bond motifs is 2. The fraction of sp³-hybridized carbons (Fsp3) is 0.458. The SMILES string of the molecule is O=C(C1CC1)N1CC[C@@H]2Oc3ccccc3S(=O)(=O)N(Cc3cccnc3)[C@H]2CC1.O=C(O)C(F)(F)F. The van der Waals surface area contributed by atoms with Crippen molar-refractivity contribution in [2.24, 2.45) is 5.92 Å². The van der Waals surface area contributed by atoms with E-state index in [4.69, 9.17) is 14.6 Å². The Morgan fingerprint density at radius 2 is 1.73 bits per heavy atom. The van der Waals surface area contributed by atoms with Gasteiger partial charge in [0.25, 0.3) is 0 Å². The predicted molar refractivity (Wildman–Crippen MR) is 124 cm³/mol. The number of alkyl halides is 3. The number of rotatable bonds is 3. The van der Waals surface area contributed by atoms with Crippen molar-refractivity contribution in [3.8, 4) is 5.75 Å². The molecule has 2 fully saturated rings. The smallest absolute Gasteiger partial charge is 0.487 e. The number of amides is 1. The molecule has 1 saturated heterocycles. The van der Waals surface area contributed by atoms with Gasteiger partial charge in [0.15, 0.2) is 0 Å². The summed E-state index contributed by atoms with van der Waals surface area (Å²) in [7, 11) is -3.77. The van der Waals surface area contributed by atoms with E-state index in [-0.39, 0.29) is 35.4 Å². The summed E-state index contributed by atoms with van der Waals surface area (Å²) in [4.78, 5) is 27.8. The topological polar surface area (TPSA) is 117 Å². The number of ether oxygens (including phenoxy) is 1. The third-order valence-corrected chi connectivity index (χ3v) is 8.34. The number of hydrogen-bond acceptors (Lipinski definition) is 6. The lowest BCUT2D eigenvalue weighted by Crippen LogP contribution is -2.46. The lowest BCUT2D eigenvalue weighted by Gasteiger charge is -2.31. The molecule has 1 N–H and O–H groups in total. The van der Waals surface area contributed by atoms with Gasteiger partial charge in [-0.25, -0.2) is 13.2 Å². The van der Waals surface area contributed by atoms with Gasteiger partial charge in [0, 0.05) is 44.4 Å². The molecule has 2 aromatic rings. The first kappa shape index (κ1) is 26.9. The fourth-order valence-electron chi connectivity index (χ4n) is 4.44. The summed E-state index contributed by atoms with van der Waals surface area (Å²) >= 11 is 0. The molecule has 200 valence electrons. The van der Waals surface area contributed by atoms with Crippen LogP contribution in [0.1, 0.15) is 31.2 Å². The molecule has 2 atom stereocenters. The number of carbonyl (C=O) groups excluding carboxylic acids is 1. The van der Waals surface area contributed by atoms with Crippen molar-refractivity contribution >= 4 is 21.9 Å². The van der Waals surface area contributed by atoms with Crippen molar-refractivity contribution in [2.45, 2.75) is 55.4 Å². The first-order valence-corrected chi connectivity index (χ1v) is 13.2. The summed E-state index contributed by atoms with van der Waals surface area (Å²) in [5.74, 6) is -2.01. The van der Waals surface area contributed by atoms with Crippen LogP contribution in [0.25, 0.3) is 0 Å². The average molecular weight is 542 g/mol. The Kier molecular flexibility index (Phi) is 7.74. The number of aromatic nitrogens is 1. The monoisotopic (exact) mass is 541 g/mol. The number of benzene rings is 1. The number of carboxylic acids is 1. The van der Waals surface area contributed by atoms with E-state index in [1.54, 1.807) is 41.0 Å². The molecule has 9 nitrogen and oxygen atoms in total. The van der Waals surface area contributed by atoms with Crippen molar-refractivity contribution in [1.29, 1.82) is 0 Å². The Balaban J connectivity index is 0.000000405. The molecule has 0 unspecified atom stereocenters. The summed E-state index contributed by atoms with van der Waals surface area (Å²) in [6, 6.07) is 10.2. The highest BCUT2D eigenvalue weighted by Crippen LogP contribution is 2.38. The Morgan fingerprint density at radius 1 is 1.05 bits per heavy atom. The third kappa shape index (κ3) is 6.21. The fourth-order valence-corrected chi connectivity index (χ4v) is 6.23. The molecule has 0 spiro atoms. The van der Waals surface area contributed by atoms with E-state index >= 15 is 0 Å². The maximum Gasteiger partial charge on any atom is 0.490 e. The molecule has 1 aromatic carbocycles. The number of para-hydroxylation sites is 1. The number of halogens is 3. The normalized spacial score (nSPS) is 23.2. The second kappa shape index (κ2) is 10.7. The van der Waals surface area contributed by atoms with Gasteiger partial charge in [0.05, 0.1) is 6.04 Å². The summed E-state index contributed by atoms with van der Waals surface area (Å²) in [5.41, 5.74) is 0.828. The quantitative estimate of drug-likeness (QED) is 0.635. The third-order valence-electron chi connectivity index (χ3n) is 6.43. The minimum absolute atomic E-state index is 0.157. The molecule has 1 amide bonds. The highest BCUT2D eigenvalue weighted by Gasteiger charge is 2.44. The summed E-state index contributed by atoms with van der Waals surface area (Å²) in [5, 5.41) is 7.12. The molecular formula is C24H26F3N3O6S. The van der Waals surface area contributed by atoms with Crippen LogP contribution in [-0.4, -0.2) is 71.0 Å². The van der Waals surface area contributed by atoms with Gasteiger partial charge in [0.1, 0.15) is 16.7 Å². The zero-order chi connectivity index (χ0) is 26.8. The molecule has 0 bridgehead atoms. The Labute approximate surface area is 211 Å². The van der Waals surface area contributed by atoms with Crippen LogP contribution in [0.3, 0.4) is 0 Å². The van der Waals surface area contributed by atoms with Crippen LogP contribution in [0.2, 0.25) is 0 Å². The highest BCUT2D eigenvalue weighted by atomic mass is 32.2. The lowest BCUT2D eigenvalue weighted by atomic mass is 10.1. The lowest BCUT2D eigenvalue weighted by molar-refractivity contribution is -0.192. The average Bonchev–Trinajstić information content (AvgIpc) is 3.71. The molecule has 1 aromatic heterocycles. The minimum Gasteiger partial charge on any atom is -0.487 e. The Hall–Kier alpha value is -3.19. The molecule has 13 heteroatoms. The molecule has 5 rings (SSSR count). The number of carboxylic acid groups (broad SMARTS) is 1. The van der Waals surface area contributed by atoms with Crippen LogP contribution in [0.15, 0.2) is 53.7 Å². The van der Waals surface area contributed by atoms with Gasteiger partial charge in [-0.1, -0.05) is 18.2 Å². The number of pyridine rings is 1. The van der Waals surface area contributed by atoms with Crippen LogP contribution in [0.4, 0.5) is 13.2 Å². The molecule has 2 aliphatic heterocycles. The highest BCUT2D eigenvalue weighted by molar-refractivity contribution is 7.89. The number of carbonyl (C=O) groups is 2. The van der Waals surface area contributed by atoms with Crippen molar-refractivity contribution in [3.05, 3.63) is 54.4 Å². The molecular weight excluding hydrogens is 515 g/mol. The molecule has 3 heterocycles. The number of hydrogen-bond donors (Lipinski definition) is 1. The van der Waals surface area contributed by atoms with Gasteiger partial charge in [-0.3, -0.25) is 9.78 Å². The number of nitrogens with zero attached hydrogens (tertiary/aromatic N) is 3. The summed E-state index contributed by atoms with van der Waals surface area (Å²) in [6.45, 7) is 1.38. The Morgan fingerprint density at radius 3 is 2.35 bits per heavy atom. The van der Waals surface area contributed by atoms with Crippen LogP contribution in [-0.2, 0) is 26.2 Å². The van der Waals surface area contributed by atoms with Gasteiger partial charge in [0.2, 0.25) is 15.9 Å².